The lowest BCUT2D eigenvalue weighted by Gasteiger charge is -2.19. The lowest BCUT2D eigenvalue weighted by molar-refractivity contribution is -0.284. The summed E-state index contributed by atoms with van der Waals surface area (Å²) in [5.41, 5.74) is 5.04. The lowest BCUT2D eigenvalue weighted by Crippen LogP contribution is -2.37. The van der Waals surface area contributed by atoms with Crippen LogP contribution in [0.4, 0.5) is 22.0 Å². The zero-order valence-corrected chi connectivity index (χ0v) is 6.46. The van der Waals surface area contributed by atoms with Crippen LogP contribution in [0.1, 0.15) is 19.8 Å². The average molecular weight is 191 g/mol. The summed E-state index contributed by atoms with van der Waals surface area (Å²) in [6.07, 6.45) is -7.04. The van der Waals surface area contributed by atoms with Crippen molar-refractivity contribution in [1.29, 1.82) is 0 Å². The summed E-state index contributed by atoms with van der Waals surface area (Å²) in [6.45, 7) is 1.38. The van der Waals surface area contributed by atoms with E-state index >= 15 is 0 Å². The van der Waals surface area contributed by atoms with Crippen molar-refractivity contribution in [2.45, 2.75) is 37.9 Å². The molecular weight excluding hydrogens is 181 g/mol. The van der Waals surface area contributed by atoms with Crippen LogP contribution >= 0.6 is 0 Å². The molecule has 0 bridgehead atoms. The molecule has 0 aliphatic rings. The largest absolute Gasteiger partial charge is 0.453 e. The van der Waals surface area contributed by atoms with Crippen molar-refractivity contribution in [1.82, 2.24) is 0 Å². The molecule has 0 aromatic heterocycles. The van der Waals surface area contributed by atoms with Gasteiger partial charge in [-0.05, 0) is 13.3 Å². The van der Waals surface area contributed by atoms with Gasteiger partial charge in [0.1, 0.15) is 0 Å². The first-order valence-electron chi connectivity index (χ1n) is 3.37. The highest BCUT2D eigenvalue weighted by Crippen LogP contribution is 2.38. The molecule has 0 rings (SSSR count). The molecular formula is C6H10F5N. The Kier molecular flexibility index (Phi) is 3.44. The van der Waals surface area contributed by atoms with E-state index in [0.717, 1.165) is 0 Å². The highest BCUT2D eigenvalue weighted by atomic mass is 19.4. The Balaban J connectivity index is 4.05. The maximum absolute atomic E-state index is 12.1. The summed E-state index contributed by atoms with van der Waals surface area (Å²) in [5.74, 6) is -4.61. The first kappa shape index (κ1) is 11.6. The standard InChI is InChI=1S/C6H10F5N/c1-4(12)2-3-5(7,8)6(9,10)11/h4H,2-3,12H2,1H3. The Labute approximate surface area is 66.7 Å². The van der Waals surface area contributed by atoms with Crippen LogP contribution in [-0.2, 0) is 0 Å². The fraction of sp³-hybridized carbons (Fsp3) is 1.00. The van der Waals surface area contributed by atoms with Gasteiger partial charge in [0.25, 0.3) is 0 Å². The van der Waals surface area contributed by atoms with Crippen LogP contribution in [-0.4, -0.2) is 18.1 Å². The van der Waals surface area contributed by atoms with Crippen LogP contribution in [0.25, 0.3) is 0 Å². The van der Waals surface area contributed by atoms with E-state index in [4.69, 9.17) is 5.73 Å². The Morgan fingerprint density at radius 3 is 1.83 bits per heavy atom. The van der Waals surface area contributed by atoms with Crippen molar-refractivity contribution in [3.05, 3.63) is 0 Å². The minimum absolute atomic E-state index is 0.341. The quantitative estimate of drug-likeness (QED) is 0.680. The van der Waals surface area contributed by atoms with Gasteiger partial charge in [0.05, 0.1) is 0 Å². The zero-order chi connectivity index (χ0) is 9.99. The van der Waals surface area contributed by atoms with Crippen LogP contribution in [0.5, 0.6) is 0 Å². The van der Waals surface area contributed by atoms with Gasteiger partial charge in [-0.3, -0.25) is 0 Å². The van der Waals surface area contributed by atoms with Crippen molar-refractivity contribution in [3.63, 3.8) is 0 Å². The van der Waals surface area contributed by atoms with Crippen molar-refractivity contribution < 1.29 is 22.0 Å². The molecule has 0 aromatic rings. The molecule has 0 amide bonds. The minimum atomic E-state index is -5.46. The Morgan fingerprint density at radius 1 is 1.17 bits per heavy atom. The van der Waals surface area contributed by atoms with Crippen molar-refractivity contribution in [2.75, 3.05) is 0 Å². The molecule has 0 radical (unpaired) electrons. The van der Waals surface area contributed by atoms with E-state index < -0.39 is 24.6 Å². The molecule has 0 aromatic carbocycles. The van der Waals surface area contributed by atoms with Crippen LogP contribution in [0.2, 0.25) is 0 Å². The number of nitrogens with two attached hydrogens (primary N) is 1. The van der Waals surface area contributed by atoms with Gasteiger partial charge < -0.3 is 5.73 Å². The molecule has 0 saturated carbocycles. The second-order valence-corrected chi connectivity index (χ2v) is 2.72. The van der Waals surface area contributed by atoms with E-state index in [1.54, 1.807) is 0 Å². The Bertz CT molecular complexity index is 139. The summed E-state index contributed by atoms with van der Waals surface area (Å²) in [4.78, 5) is 0. The van der Waals surface area contributed by atoms with Crippen molar-refractivity contribution in [2.24, 2.45) is 5.73 Å². The number of halogens is 5. The van der Waals surface area contributed by atoms with Gasteiger partial charge in [0.2, 0.25) is 0 Å². The average Bonchev–Trinajstić information content (AvgIpc) is 1.81. The molecule has 1 atom stereocenters. The molecule has 6 heteroatoms. The van der Waals surface area contributed by atoms with Crippen LogP contribution in [0.3, 0.4) is 0 Å². The first-order valence-corrected chi connectivity index (χ1v) is 3.37. The lowest BCUT2D eigenvalue weighted by atomic mass is 10.1. The van der Waals surface area contributed by atoms with E-state index in [1.165, 1.54) is 6.92 Å². The topological polar surface area (TPSA) is 26.0 Å². The SMILES string of the molecule is CC(N)CCC(F)(F)C(F)(F)F. The molecule has 0 aliphatic carbocycles. The summed E-state index contributed by atoms with van der Waals surface area (Å²) in [5, 5.41) is 0. The molecule has 1 unspecified atom stereocenters. The number of hydrogen-bond acceptors (Lipinski definition) is 1. The molecule has 0 fully saturated rings. The van der Waals surface area contributed by atoms with Gasteiger partial charge in [0, 0.05) is 12.5 Å². The molecule has 12 heavy (non-hydrogen) atoms. The fourth-order valence-electron chi connectivity index (χ4n) is 0.551. The van der Waals surface area contributed by atoms with Gasteiger partial charge in [-0.1, -0.05) is 0 Å². The molecule has 0 heterocycles. The third kappa shape index (κ3) is 3.34. The summed E-state index contributed by atoms with van der Waals surface area (Å²) in [6, 6.07) is -0.641. The van der Waals surface area contributed by atoms with E-state index in [2.05, 4.69) is 0 Å². The normalized spacial score (nSPS) is 16.2. The van der Waals surface area contributed by atoms with Gasteiger partial charge in [-0.15, -0.1) is 0 Å². The van der Waals surface area contributed by atoms with E-state index in [0.29, 0.717) is 0 Å². The highest BCUT2D eigenvalue weighted by Gasteiger charge is 2.56. The molecule has 1 nitrogen and oxygen atoms in total. The van der Waals surface area contributed by atoms with Gasteiger partial charge in [-0.2, -0.15) is 22.0 Å². The van der Waals surface area contributed by atoms with Crippen LogP contribution in [0.15, 0.2) is 0 Å². The predicted octanol–water partition coefficient (Wildman–Crippen LogP) is 2.31. The second-order valence-electron chi connectivity index (χ2n) is 2.72. The summed E-state index contributed by atoms with van der Waals surface area (Å²) >= 11 is 0. The molecule has 0 saturated heterocycles. The van der Waals surface area contributed by atoms with Gasteiger partial charge >= 0.3 is 12.1 Å². The summed E-state index contributed by atoms with van der Waals surface area (Å²) < 4.78 is 58.7. The van der Waals surface area contributed by atoms with Gasteiger partial charge in [0.15, 0.2) is 0 Å². The van der Waals surface area contributed by atoms with E-state index in [1.807, 2.05) is 0 Å². The van der Waals surface area contributed by atoms with Gasteiger partial charge in [-0.25, -0.2) is 0 Å². The minimum Gasteiger partial charge on any atom is -0.328 e. The molecule has 74 valence electrons. The third-order valence-corrected chi connectivity index (χ3v) is 1.33. The number of alkyl halides is 5. The molecule has 0 aliphatic heterocycles. The third-order valence-electron chi connectivity index (χ3n) is 1.33. The van der Waals surface area contributed by atoms with Crippen molar-refractivity contribution in [3.8, 4) is 0 Å². The smallest absolute Gasteiger partial charge is 0.328 e. The van der Waals surface area contributed by atoms with E-state index in [-0.39, 0.29) is 6.42 Å². The monoisotopic (exact) mass is 191 g/mol. The predicted molar refractivity (Wildman–Crippen MR) is 33.9 cm³/mol. The Morgan fingerprint density at radius 2 is 1.58 bits per heavy atom. The maximum atomic E-state index is 12.1. The van der Waals surface area contributed by atoms with Crippen LogP contribution in [0, 0.1) is 0 Å². The molecule has 2 N–H and O–H groups in total. The second kappa shape index (κ2) is 3.55. The first-order chi connectivity index (χ1) is 5.17. The highest BCUT2D eigenvalue weighted by molar-refractivity contribution is 4.76. The van der Waals surface area contributed by atoms with E-state index in [9.17, 15) is 22.0 Å². The Hall–Kier alpha value is -0.390. The molecule has 0 spiro atoms. The number of rotatable bonds is 3. The summed E-state index contributed by atoms with van der Waals surface area (Å²) in [7, 11) is 0. The fourth-order valence-corrected chi connectivity index (χ4v) is 0.551. The maximum Gasteiger partial charge on any atom is 0.453 e. The zero-order valence-electron chi connectivity index (χ0n) is 6.46. The van der Waals surface area contributed by atoms with Crippen molar-refractivity contribution >= 4 is 0 Å². The van der Waals surface area contributed by atoms with Crippen LogP contribution < -0.4 is 5.73 Å². The number of hydrogen-bond donors (Lipinski definition) is 1.